The molecule has 84 valence electrons. The summed E-state index contributed by atoms with van der Waals surface area (Å²) in [5, 5.41) is 4.80. The Morgan fingerprint density at radius 3 is 3.06 bits per heavy atom. The minimum Gasteiger partial charge on any atom is -0.497 e. The van der Waals surface area contributed by atoms with Crippen LogP contribution in [0.3, 0.4) is 0 Å². The molecule has 2 heterocycles. The topological polar surface area (TPSA) is 37.0 Å². The van der Waals surface area contributed by atoms with Gasteiger partial charge in [0.1, 0.15) is 5.75 Å². The Labute approximate surface area is 94.8 Å². The zero-order valence-corrected chi connectivity index (χ0v) is 9.63. The van der Waals surface area contributed by atoms with Crippen molar-refractivity contribution in [2.75, 3.05) is 13.7 Å². The Bertz CT molecular complexity index is 530. The number of hydrogen-bond acceptors (Lipinski definition) is 2. The van der Waals surface area contributed by atoms with Gasteiger partial charge >= 0.3 is 0 Å². The molecule has 0 fully saturated rings. The molecular formula is C13H16N2O. The van der Waals surface area contributed by atoms with Crippen LogP contribution in [-0.2, 0) is 6.42 Å². The summed E-state index contributed by atoms with van der Waals surface area (Å²) in [4.78, 5) is 3.50. The average molecular weight is 216 g/mol. The van der Waals surface area contributed by atoms with Gasteiger partial charge in [0.05, 0.1) is 7.11 Å². The lowest BCUT2D eigenvalue weighted by molar-refractivity contribution is 0.415. The number of rotatable bonds is 1. The van der Waals surface area contributed by atoms with Crippen molar-refractivity contribution in [3.05, 3.63) is 29.5 Å². The fourth-order valence-electron chi connectivity index (χ4n) is 2.54. The summed E-state index contributed by atoms with van der Waals surface area (Å²) >= 11 is 0. The molecule has 0 saturated heterocycles. The van der Waals surface area contributed by atoms with Crippen molar-refractivity contribution in [3.8, 4) is 5.75 Å². The molecule has 0 saturated carbocycles. The average Bonchev–Trinajstić information content (AvgIpc) is 2.68. The van der Waals surface area contributed by atoms with E-state index < -0.39 is 0 Å². The molecule has 3 nitrogen and oxygen atoms in total. The van der Waals surface area contributed by atoms with Gasteiger partial charge in [-0.15, -0.1) is 0 Å². The van der Waals surface area contributed by atoms with Gasteiger partial charge in [-0.2, -0.15) is 0 Å². The lowest BCUT2D eigenvalue weighted by Gasteiger charge is -2.20. The van der Waals surface area contributed by atoms with Crippen LogP contribution in [0.5, 0.6) is 5.75 Å². The summed E-state index contributed by atoms with van der Waals surface area (Å²) in [6.07, 6.45) is 1.10. The summed E-state index contributed by atoms with van der Waals surface area (Å²) in [5.41, 5.74) is 3.97. The molecule has 3 heteroatoms. The minimum absolute atomic E-state index is 0.419. The molecule has 0 spiro atoms. The van der Waals surface area contributed by atoms with Crippen molar-refractivity contribution >= 4 is 10.9 Å². The number of methoxy groups -OCH3 is 1. The number of aromatic amines is 1. The maximum atomic E-state index is 5.25. The molecule has 3 rings (SSSR count). The largest absolute Gasteiger partial charge is 0.497 e. The number of ether oxygens (including phenoxy) is 1. The summed E-state index contributed by atoms with van der Waals surface area (Å²) in [6, 6.07) is 6.67. The molecule has 0 bridgehead atoms. The number of aromatic nitrogens is 1. The fraction of sp³-hybridized carbons (Fsp3) is 0.385. The van der Waals surface area contributed by atoms with Gasteiger partial charge in [-0.1, -0.05) is 0 Å². The molecular weight excluding hydrogens is 200 g/mol. The molecule has 16 heavy (non-hydrogen) atoms. The van der Waals surface area contributed by atoms with E-state index in [9.17, 15) is 0 Å². The third-order valence-corrected chi connectivity index (χ3v) is 3.40. The maximum absolute atomic E-state index is 5.25. The molecule has 2 N–H and O–H groups in total. The SMILES string of the molecule is COc1ccc2c3c([nH]c2c1)[C@@H](C)NCC3. The first kappa shape index (κ1) is 9.73. The molecule has 0 aliphatic carbocycles. The van der Waals surface area contributed by atoms with Crippen LogP contribution in [-0.4, -0.2) is 18.6 Å². The Morgan fingerprint density at radius 1 is 1.38 bits per heavy atom. The first-order valence-electron chi connectivity index (χ1n) is 5.71. The first-order valence-corrected chi connectivity index (χ1v) is 5.71. The van der Waals surface area contributed by atoms with E-state index in [1.54, 1.807) is 7.11 Å². The van der Waals surface area contributed by atoms with E-state index in [0.29, 0.717) is 6.04 Å². The van der Waals surface area contributed by atoms with Gasteiger partial charge < -0.3 is 15.0 Å². The van der Waals surface area contributed by atoms with E-state index in [1.165, 1.54) is 22.2 Å². The zero-order valence-electron chi connectivity index (χ0n) is 9.63. The van der Waals surface area contributed by atoms with Crippen LogP contribution in [0.4, 0.5) is 0 Å². The number of fused-ring (bicyclic) bond motifs is 3. The molecule has 2 aromatic rings. The molecule has 1 aliphatic rings. The number of hydrogen-bond donors (Lipinski definition) is 2. The van der Waals surface area contributed by atoms with Gasteiger partial charge in [0.15, 0.2) is 0 Å². The van der Waals surface area contributed by atoms with Gasteiger partial charge in [0.25, 0.3) is 0 Å². The van der Waals surface area contributed by atoms with Crippen LogP contribution in [0.1, 0.15) is 24.2 Å². The monoisotopic (exact) mass is 216 g/mol. The zero-order chi connectivity index (χ0) is 11.1. The maximum Gasteiger partial charge on any atom is 0.120 e. The van der Waals surface area contributed by atoms with Crippen molar-refractivity contribution in [1.29, 1.82) is 0 Å². The van der Waals surface area contributed by atoms with Crippen molar-refractivity contribution < 1.29 is 4.74 Å². The Kier molecular flexibility index (Phi) is 2.14. The normalized spacial score (nSPS) is 19.8. The van der Waals surface area contributed by atoms with E-state index >= 15 is 0 Å². The highest BCUT2D eigenvalue weighted by atomic mass is 16.5. The molecule has 0 unspecified atom stereocenters. The molecule has 1 aromatic heterocycles. The quantitative estimate of drug-likeness (QED) is 0.768. The van der Waals surface area contributed by atoms with E-state index in [4.69, 9.17) is 4.74 Å². The lowest BCUT2D eigenvalue weighted by atomic mass is 10.0. The van der Waals surface area contributed by atoms with Crippen molar-refractivity contribution in [2.45, 2.75) is 19.4 Å². The first-order chi connectivity index (χ1) is 7.79. The highest BCUT2D eigenvalue weighted by molar-refractivity contribution is 5.86. The molecule has 1 atom stereocenters. The van der Waals surface area contributed by atoms with Crippen molar-refractivity contribution in [2.24, 2.45) is 0 Å². The highest BCUT2D eigenvalue weighted by Crippen LogP contribution is 2.31. The summed E-state index contributed by atoms with van der Waals surface area (Å²) in [5.74, 6) is 0.909. The fourth-order valence-corrected chi connectivity index (χ4v) is 2.54. The highest BCUT2D eigenvalue weighted by Gasteiger charge is 2.20. The predicted octanol–water partition coefficient (Wildman–Crippen LogP) is 2.38. The second-order valence-electron chi connectivity index (χ2n) is 4.35. The smallest absolute Gasteiger partial charge is 0.120 e. The second-order valence-corrected chi connectivity index (χ2v) is 4.35. The third kappa shape index (κ3) is 1.32. The van der Waals surface area contributed by atoms with Crippen LogP contribution >= 0.6 is 0 Å². The van der Waals surface area contributed by atoms with Crippen LogP contribution in [0, 0.1) is 0 Å². The summed E-state index contributed by atoms with van der Waals surface area (Å²) < 4.78 is 5.25. The molecule has 0 radical (unpaired) electrons. The van der Waals surface area contributed by atoms with Crippen LogP contribution in [0.15, 0.2) is 18.2 Å². The standard InChI is InChI=1S/C13H16N2O/c1-8-13-11(5-6-14-8)10-4-3-9(16-2)7-12(10)15-13/h3-4,7-8,14-15H,5-6H2,1-2H3/t8-/m1/s1. The van der Waals surface area contributed by atoms with E-state index in [-0.39, 0.29) is 0 Å². The Balaban J connectivity index is 2.23. The molecule has 1 aromatic carbocycles. The van der Waals surface area contributed by atoms with Gasteiger partial charge in [0.2, 0.25) is 0 Å². The van der Waals surface area contributed by atoms with Crippen molar-refractivity contribution in [1.82, 2.24) is 10.3 Å². The van der Waals surface area contributed by atoms with Crippen LogP contribution in [0.2, 0.25) is 0 Å². The van der Waals surface area contributed by atoms with E-state index in [2.05, 4.69) is 29.4 Å². The summed E-state index contributed by atoms with van der Waals surface area (Å²) in [6.45, 7) is 3.26. The Morgan fingerprint density at radius 2 is 2.25 bits per heavy atom. The van der Waals surface area contributed by atoms with Crippen LogP contribution in [0.25, 0.3) is 10.9 Å². The lowest BCUT2D eigenvalue weighted by Crippen LogP contribution is -2.27. The number of benzene rings is 1. The minimum atomic E-state index is 0.419. The van der Waals surface area contributed by atoms with Crippen LogP contribution < -0.4 is 10.1 Å². The van der Waals surface area contributed by atoms with Gasteiger partial charge in [-0.05, 0) is 37.6 Å². The third-order valence-electron chi connectivity index (χ3n) is 3.40. The predicted molar refractivity (Wildman–Crippen MR) is 65.0 cm³/mol. The van der Waals surface area contributed by atoms with Gasteiger partial charge in [-0.25, -0.2) is 0 Å². The Hall–Kier alpha value is -1.48. The van der Waals surface area contributed by atoms with Gasteiger partial charge in [0, 0.05) is 28.7 Å². The molecule has 0 amide bonds. The number of nitrogens with one attached hydrogen (secondary N) is 2. The molecule has 1 aliphatic heterocycles. The van der Waals surface area contributed by atoms with E-state index in [1.807, 2.05) is 6.07 Å². The summed E-state index contributed by atoms with van der Waals surface area (Å²) in [7, 11) is 1.70. The van der Waals surface area contributed by atoms with Gasteiger partial charge in [-0.3, -0.25) is 0 Å². The second kappa shape index (κ2) is 3.52. The number of H-pyrrole nitrogens is 1. The van der Waals surface area contributed by atoms with Crippen molar-refractivity contribution in [3.63, 3.8) is 0 Å². The van der Waals surface area contributed by atoms with E-state index in [0.717, 1.165) is 18.7 Å².